The van der Waals surface area contributed by atoms with Gasteiger partial charge in [-0.05, 0) is 37.1 Å². The van der Waals surface area contributed by atoms with Crippen molar-refractivity contribution in [3.05, 3.63) is 54.9 Å². The van der Waals surface area contributed by atoms with Gasteiger partial charge in [0.25, 0.3) is 0 Å². The van der Waals surface area contributed by atoms with Crippen LogP contribution in [0, 0.1) is 11.7 Å². The first-order chi connectivity index (χ1) is 19.2. The summed E-state index contributed by atoms with van der Waals surface area (Å²) in [4.78, 5) is 37.7. The summed E-state index contributed by atoms with van der Waals surface area (Å²) in [6.45, 7) is 0. The van der Waals surface area contributed by atoms with Crippen LogP contribution < -0.4 is 0 Å². The SMILES string of the molecule is O=C(C1CCCCC1)n1c2cncc(c2)c2ncc3[nH][nH]c(c4nc5ccnc(c6ccc1s6)c5n4)-c3c2F. The number of aromatic nitrogens is 8. The van der Waals surface area contributed by atoms with Gasteiger partial charge in [0.05, 0.1) is 39.2 Å². The van der Waals surface area contributed by atoms with Crippen LogP contribution in [0.5, 0.6) is 0 Å². The van der Waals surface area contributed by atoms with E-state index in [0.717, 1.165) is 41.6 Å². The summed E-state index contributed by atoms with van der Waals surface area (Å²) < 4.78 is 18.8. The minimum atomic E-state index is -0.524. The number of halogens is 1. The molecule has 8 bridgehead atoms. The van der Waals surface area contributed by atoms with Crippen LogP contribution in [0.3, 0.4) is 0 Å². The minimum Gasteiger partial charge on any atom is -0.298 e. The van der Waals surface area contributed by atoms with E-state index in [-0.39, 0.29) is 17.3 Å². The summed E-state index contributed by atoms with van der Waals surface area (Å²) in [5.74, 6) is -0.576. The van der Waals surface area contributed by atoms with Gasteiger partial charge in [-0.3, -0.25) is 34.5 Å². The largest absolute Gasteiger partial charge is 0.298 e. The van der Waals surface area contributed by atoms with Crippen molar-refractivity contribution in [2.45, 2.75) is 32.1 Å². The fourth-order valence-corrected chi connectivity index (χ4v) is 6.75. The molecular formula is C28H21FN8OS. The summed E-state index contributed by atoms with van der Waals surface area (Å²) in [5, 5.41) is 6.49. The van der Waals surface area contributed by atoms with E-state index < -0.39 is 5.82 Å². The highest BCUT2D eigenvalue weighted by Gasteiger charge is 2.25. The summed E-state index contributed by atoms with van der Waals surface area (Å²) in [6.07, 6.45) is 11.4. The van der Waals surface area contributed by atoms with E-state index in [1.54, 1.807) is 41.5 Å². The van der Waals surface area contributed by atoms with Gasteiger partial charge in [0.1, 0.15) is 27.1 Å². The van der Waals surface area contributed by atoms with Gasteiger partial charge in [0.15, 0.2) is 11.5 Å². The number of thiophene rings is 1. The zero-order valence-electron chi connectivity index (χ0n) is 20.6. The number of aromatic amines is 2. The number of carbonyl (C=O) groups is 1. The molecule has 9 nitrogen and oxygen atoms in total. The molecule has 2 N–H and O–H groups in total. The maximum absolute atomic E-state index is 16.2. The Morgan fingerprint density at radius 3 is 2.77 bits per heavy atom. The highest BCUT2D eigenvalue weighted by atomic mass is 32.1. The van der Waals surface area contributed by atoms with Gasteiger partial charge in [-0.15, -0.1) is 11.3 Å². The highest BCUT2D eigenvalue weighted by molar-refractivity contribution is 7.24. The van der Waals surface area contributed by atoms with Crippen LogP contribution in [-0.2, 0) is 0 Å². The Balaban J connectivity index is 1.57. The molecule has 192 valence electrons. The van der Waals surface area contributed by atoms with E-state index in [2.05, 4.69) is 25.1 Å². The predicted octanol–water partition coefficient (Wildman–Crippen LogP) is 6.54. The highest BCUT2D eigenvalue weighted by Crippen LogP contribution is 2.35. The second-order valence-electron chi connectivity index (χ2n) is 9.99. The molecule has 0 aromatic carbocycles. The molecule has 1 aliphatic carbocycles. The molecule has 5 aromatic rings. The van der Waals surface area contributed by atoms with Crippen molar-refractivity contribution >= 4 is 70.9 Å². The molecule has 2 aliphatic heterocycles. The average Bonchev–Trinajstić information content (AvgIpc) is 3.72. The van der Waals surface area contributed by atoms with E-state index in [1.807, 2.05) is 12.1 Å². The first kappa shape index (κ1) is 22.5. The Morgan fingerprint density at radius 1 is 0.974 bits per heavy atom. The molecule has 0 unspecified atom stereocenters. The zero-order valence-corrected chi connectivity index (χ0v) is 21.4. The van der Waals surface area contributed by atoms with Crippen LogP contribution in [-0.4, -0.2) is 45.6 Å². The summed E-state index contributed by atoms with van der Waals surface area (Å²) in [7, 11) is 0. The van der Waals surface area contributed by atoms with Gasteiger partial charge in [-0.25, -0.2) is 14.4 Å². The fraction of sp³-hybridized carbons (Fsp3) is 0.214. The van der Waals surface area contributed by atoms with Crippen molar-refractivity contribution in [2.24, 2.45) is 5.92 Å². The van der Waals surface area contributed by atoms with Crippen molar-refractivity contribution in [3.63, 3.8) is 0 Å². The van der Waals surface area contributed by atoms with Crippen LogP contribution in [0.25, 0.3) is 64.9 Å². The summed E-state index contributed by atoms with van der Waals surface area (Å²) in [5.41, 5.74) is 4.21. The van der Waals surface area contributed by atoms with Crippen molar-refractivity contribution in [3.8, 4) is 11.3 Å². The Bertz CT molecular complexity index is 2110. The first-order valence-electron chi connectivity index (χ1n) is 12.9. The fourth-order valence-electron chi connectivity index (χ4n) is 5.72. The number of pyridine rings is 3. The number of fused-ring (bicyclic) bond motifs is 9. The molecule has 1 fully saturated rings. The average molecular weight is 537 g/mol. The van der Waals surface area contributed by atoms with Crippen molar-refractivity contribution in [2.75, 3.05) is 0 Å². The van der Waals surface area contributed by atoms with E-state index >= 15 is 4.39 Å². The van der Waals surface area contributed by atoms with E-state index in [1.165, 1.54) is 11.3 Å². The van der Waals surface area contributed by atoms with Crippen LogP contribution in [0.2, 0.25) is 0 Å². The van der Waals surface area contributed by atoms with Gasteiger partial charge in [0, 0.05) is 23.7 Å². The molecule has 5 aromatic heterocycles. The molecule has 7 heterocycles. The van der Waals surface area contributed by atoms with Crippen molar-refractivity contribution in [1.82, 2.24) is 39.7 Å². The third kappa shape index (κ3) is 3.42. The number of hydrogen-bond donors (Lipinski definition) is 2. The second kappa shape index (κ2) is 8.50. The lowest BCUT2D eigenvalue weighted by Gasteiger charge is -2.21. The number of rotatable bonds is 1. The molecule has 0 saturated heterocycles. The summed E-state index contributed by atoms with van der Waals surface area (Å²) >= 11 is 1.46. The third-order valence-corrected chi connectivity index (χ3v) is 8.72. The summed E-state index contributed by atoms with van der Waals surface area (Å²) in [6, 6.07) is 7.47. The van der Waals surface area contributed by atoms with Crippen LogP contribution >= 0.6 is 11.3 Å². The van der Waals surface area contributed by atoms with Crippen molar-refractivity contribution < 1.29 is 9.18 Å². The Labute approximate surface area is 223 Å². The van der Waals surface area contributed by atoms with Crippen molar-refractivity contribution in [1.29, 1.82) is 0 Å². The maximum atomic E-state index is 16.2. The number of nitrogens with zero attached hydrogens (tertiary/aromatic N) is 6. The molecule has 1 saturated carbocycles. The quantitative estimate of drug-likeness (QED) is 0.246. The van der Waals surface area contributed by atoms with E-state index in [0.29, 0.717) is 49.9 Å². The molecule has 11 heteroatoms. The Morgan fingerprint density at radius 2 is 1.87 bits per heavy atom. The molecule has 8 rings (SSSR count). The van der Waals surface area contributed by atoms with Gasteiger partial charge in [-0.2, -0.15) is 0 Å². The van der Waals surface area contributed by atoms with Gasteiger partial charge in [-0.1, -0.05) is 19.3 Å². The lowest BCUT2D eigenvalue weighted by atomic mass is 9.88. The molecule has 39 heavy (non-hydrogen) atoms. The first-order valence-corrected chi connectivity index (χ1v) is 13.7. The van der Waals surface area contributed by atoms with Crippen LogP contribution in [0.1, 0.15) is 36.9 Å². The number of carbonyl (C=O) groups excluding carboxylic acids is 1. The Kier molecular flexibility index (Phi) is 4.90. The third-order valence-electron chi connectivity index (χ3n) is 7.64. The molecule has 0 amide bonds. The lowest BCUT2D eigenvalue weighted by molar-refractivity contribution is 0.0812. The Hall–Kier alpha value is -4.51. The maximum Gasteiger partial charge on any atom is 0.235 e. The minimum absolute atomic E-state index is 0.0272. The number of nitrogens with one attached hydrogen (secondary N) is 2. The predicted molar refractivity (Wildman–Crippen MR) is 149 cm³/mol. The smallest absolute Gasteiger partial charge is 0.235 e. The molecule has 0 radical (unpaired) electrons. The van der Waals surface area contributed by atoms with E-state index in [4.69, 9.17) is 9.97 Å². The number of H-pyrrole nitrogens is 2. The molecule has 0 spiro atoms. The topological polar surface area (TPSA) is 118 Å². The number of hydrogen-bond acceptors (Lipinski definition) is 7. The zero-order chi connectivity index (χ0) is 26.1. The normalized spacial score (nSPS) is 14.8. The molecule has 3 aliphatic rings. The van der Waals surface area contributed by atoms with Gasteiger partial charge in [0.2, 0.25) is 5.91 Å². The van der Waals surface area contributed by atoms with E-state index in [9.17, 15) is 4.79 Å². The standard InChI is InChI=1S/C28H21FN8OS/c29-22-21-18-13-32-23(22)15-10-16(12-30-11-15)37(28(38)14-4-2-1-3-5-14)20-7-6-19(39-20)25-24-17(8-9-31-25)33-27(34-24)26(21)36-35-18/h6-14,35-36H,1-5H2. The monoisotopic (exact) mass is 536 g/mol. The lowest BCUT2D eigenvalue weighted by Crippen LogP contribution is -2.24. The van der Waals surface area contributed by atoms with Crippen LogP contribution in [0.4, 0.5) is 4.39 Å². The van der Waals surface area contributed by atoms with Crippen LogP contribution in [0.15, 0.2) is 49.1 Å². The van der Waals surface area contributed by atoms with Gasteiger partial charge < -0.3 is 0 Å². The number of imidazole rings is 1. The second-order valence-corrected chi connectivity index (χ2v) is 11.0. The molecular weight excluding hydrogens is 515 g/mol. The molecule has 0 atom stereocenters. The van der Waals surface area contributed by atoms with Gasteiger partial charge >= 0.3 is 0 Å².